The highest BCUT2D eigenvalue weighted by atomic mass is 35.5. The predicted octanol–water partition coefficient (Wildman–Crippen LogP) is 2.36. The Morgan fingerprint density at radius 3 is 2.52 bits per heavy atom. The molecular weight excluding hydrogens is 316 g/mol. The van der Waals surface area contributed by atoms with Crippen LogP contribution in [0.4, 0.5) is 0 Å². The van der Waals surface area contributed by atoms with Crippen LogP contribution < -0.4 is 5.73 Å². The summed E-state index contributed by atoms with van der Waals surface area (Å²) in [5, 5.41) is 0. The van der Waals surface area contributed by atoms with Crippen LogP contribution in [0.2, 0.25) is 0 Å². The van der Waals surface area contributed by atoms with Gasteiger partial charge in [-0.25, -0.2) is 0 Å². The van der Waals surface area contributed by atoms with Crippen molar-refractivity contribution >= 4 is 18.3 Å². The molecule has 0 radical (unpaired) electrons. The maximum absolute atomic E-state index is 12.7. The second-order valence-electron chi connectivity index (χ2n) is 6.73. The first-order chi connectivity index (χ1) is 10.6. The summed E-state index contributed by atoms with van der Waals surface area (Å²) in [6, 6.07) is -0.261. The van der Waals surface area contributed by atoms with Crippen LogP contribution in [0.25, 0.3) is 0 Å². The average Bonchev–Trinajstić information content (AvgIpc) is 3.01. The second kappa shape index (κ2) is 9.21. The number of amides is 1. The molecule has 3 unspecified atom stereocenters. The number of nitrogens with zero attached hydrogens (tertiary/aromatic N) is 1. The van der Waals surface area contributed by atoms with Crippen LogP contribution in [0.1, 0.15) is 52.4 Å². The van der Waals surface area contributed by atoms with Crippen LogP contribution in [0, 0.1) is 5.41 Å². The van der Waals surface area contributed by atoms with Gasteiger partial charge in [-0.2, -0.15) is 0 Å². The number of halogens is 1. The third-order valence-corrected chi connectivity index (χ3v) is 5.43. The molecule has 136 valence electrons. The zero-order valence-corrected chi connectivity index (χ0v) is 15.6. The van der Waals surface area contributed by atoms with Gasteiger partial charge in [0.1, 0.15) is 6.04 Å². The molecule has 0 aliphatic heterocycles. The van der Waals surface area contributed by atoms with E-state index in [1.165, 1.54) is 25.7 Å². The van der Waals surface area contributed by atoms with E-state index >= 15 is 0 Å². The summed E-state index contributed by atoms with van der Waals surface area (Å²) in [5.74, 6) is 0.0370. The molecule has 2 saturated carbocycles. The lowest BCUT2D eigenvalue weighted by Crippen LogP contribution is -2.66. The molecule has 0 saturated heterocycles. The Morgan fingerprint density at radius 1 is 1.35 bits per heavy atom. The van der Waals surface area contributed by atoms with Gasteiger partial charge in [-0.05, 0) is 32.6 Å². The van der Waals surface area contributed by atoms with Gasteiger partial charge in [0.25, 0.3) is 0 Å². The Balaban J connectivity index is 0.00000264. The molecule has 0 aromatic carbocycles. The van der Waals surface area contributed by atoms with E-state index in [1.54, 1.807) is 7.11 Å². The molecule has 1 spiro atoms. The lowest BCUT2D eigenvalue weighted by atomic mass is 9.59. The van der Waals surface area contributed by atoms with Gasteiger partial charge in [0.2, 0.25) is 5.91 Å². The quantitative estimate of drug-likeness (QED) is 0.731. The largest absolute Gasteiger partial charge is 0.383 e. The molecule has 0 heterocycles. The van der Waals surface area contributed by atoms with E-state index in [0.29, 0.717) is 12.1 Å². The highest BCUT2D eigenvalue weighted by Gasteiger charge is 2.59. The van der Waals surface area contributed by atoms with Crippen molar-refractivity contribution in [3.8, 4) is 0 Å². The van der Waals surface area contributed by atoms with Crippen molar-refractivity contribution in [3.05, 3.63) is 0 Å². The molecule has 23 heavy (non-hydrogen) atoms. The lowest BCUT2D eigenvalue weighted by molar-refractivity contribution is -0.177. The monoisotopic (exact) mass is 348 g/mol. The number of hydrogen-bond acceptors (Lipinski definition) is 4. The molecular formula is C17H33ClN2O3. The maximum Gasteiger partial charge on any atom is 0.242 e. The normalized spacial score (nSPS) is 26.4. The van der Waals surface area contributed by atoms with Gasteiger partial charge in [0.15, 0.2) is 0 Å². The number of hydrogen-bond donors (Lipinski definition) is 1. The van der Waals surface area contributed by atoms with Crippen LogP contribution in [0.15, 0.2) is 0 Å². The van der Waals surface area contributed by atoms with E-state index in [9.17, 15) is 4.79 Å². The van der Waals surface area contributed by atoms with Crippen LogP contribution in [-0.4, -0.2) is 55.9 Å². The first kappa shape index (κ1) is 20.7. The van der Waals surface area contributed by atoms with Crippen molar-refractivity contribution in [2.45, 2.75) is 70.6 Å². The van der Waals surface area contributed by atoms with Crippen LogP contribution in [0.3, 0.4) is 0 Å². The predicted molar refractivity (Wildman–Crippen MR) is 93.8 cm³/mol. The number of methoxy groups -OCH3 is 1. The molecule has 0 bridgehead atoms. The van der Waals surface area contributed by atoms with Gasteiger partial charge < -0.3 is 20.1 Å². The Hall–Kier alpha value is -0.360. The number of carbonyl (C=O) groups is 1. The molecule has 3 atom stereocenters. The van der Waals surface area contributed by atoms with Gasteiger partial charge in [-0.15, -0.1) is 12.4 Å². The SMILES string of the molecule is CCCN(C(=O)C(N)COC)C1CC(OCC)C12CCCC2.Cl. The van der Waals surface area contributed by atoms with Crippen molar-refractivity contribution in [1.82, 2.24) is 4.90 Å². The summed E-state index contributed by atoms with van der Waals surface area (Å²) >= 11 is 0. The zero-order chi connectivity index (χ0) is 16.2. The van der Waals surface area contributed by atoms with Gasteiger partial charge in [0.05, 0.1) is 12.7 Å². The standard InChI is InChI=1S/C17H32N2O3.ClH/c1-4-10-19(16(20)13(18)12-21-3)14-11-15(22-5-2)17(14)8-6-7-9-17;/h13-15H,4-12,18H2,1-3H3;1H. The minimum atomic E-state index is -0.554. The Labute approximate surface area is 146 Å². The molecule has 6 heteroatoms. The third-order valence-electron chi connectivity index (χ3n) is 5.43. The van der Waals surface area contributed by atoms with Crippen molar-refractivity contribution < 1.29 is 14.3 Å². The topological polar surface area (TPSA) is 64.8 Å². The minimum Gasteiger partial charge on any atom is -0.383 e. The van der Waals surface area contributed by atoms with Crippen molar-refractivity contribution in [2.24, 2.45) is 11.1 Å². The first-order valence-corrected chi connectivity index (χ1v) is 8.77. The van der Waals surface area contributed by atoms with Crippen molar-refractivity contribution in [2.75, 3.05) is 26.9 Å². The fraction of sp³-hybridized carbons (Fsp3) is 0.941. The van der Waals surface area contributed by atoms with Crippen LogP contribution >= 0.6 is 12.4 Å². The second-order valence-corrected chi connectivity index (χ2v) is 6.73. The summed E-state index contributed by atoms with van der Waals surface area (Å²) in [6.07, 6.45) is 7.08. The smallest absolute Gasteiger partial charge is 0.242 e. The number of ether oxygens (including phenoxy) is 2. The molecule has 0 aromatic heterocycles. The summed E-state index contributed by atoms with van der Waals surface area (Å²) in [4.78, 5) is 14.8. The van der Waals surface area contributed by atoms with Gasteiger partial charge >= 0.3 is 0 Å². The fourth-order valence-corrected chi connectivity index (χ4v) is 4.41. The maximum atomic E-state index is 12.7. The average molecular weight is 349 g/mol. The third kappa shape index (κ3) is 4.01. The molecule has 5 nitrogen and oxygen atoms in total. The van der Waals surface area contributed by atoms with Crippen LogP contribution in [0.5, 0.6) is 0 Å². The molecule has 2 rings (SSSR count). The highest BCUT2D eigenvalue weighted by Crippen LogP contribution is 2.56. The van der Waals surface area contributed by atoms with Crippen molar-refractivity contribution in [1.29, 1.82) is 0 Å². The van der Waals surface area contributed by atoms with Gasteiger partial charge in [0, 0.05) is 31.7 Å². The summed E-state index contributed by atoms with van der Waals surface area (Å²) < 4.78 is 11.0. The summed E-state index contributed by atoms with van der Waals surface area (Å²) in [7, 11) is 1.59. The number of carbonyl (C=O) groups excluding carboxylic acids is 1. The molecule has 1 amide bonds. The summed E-state index contributed by atoms with van der Waals surface area (Å²) in [5.41, 5.74) is 6.18. The van der Waals surface area contributed by atoms with E-state index in [0.717, 1.165) is 26.0 Å². The minimum absolute atomic E-state index is 0. The Kier molecular flexibility index (Phi) is 8.28. The zero-order valence-electron chi connectivity index (χ0n) is 14.8. The Morgan fingerprint density at radius 2 is 2.00 bits per heavy atom. The van der Waals surface area contributed by atoms with Crippen molar-refractivity contribution in [3.63, 3.8) is 0 Å². The van der Waals surface area contributed by atoms with Gasteiger partial charge in [-0.1, -0.05) is 19.8 Å². The van der Waals surface area contributed by atoms with E-state index in [1.807, 2.05) is 4.90 Å². The molecule has 0 aromatic rings. The van der Waals surface area contributed by atoms with E-state index in [-0.39, 0.29) is 30.3 Å². The lowest BCUT2D eigenvalue weighted by Gasteiger charge is -2.58. The molecule has 2 aliphatic rings. The molecule has 2 aliphatic carbocycles. The Bertz CT molecular complexity index is 375. The first-order valence-electron chi connectivity index (χ1n) is 8.77. The van der Waals surface area contributed by atoms with E-state index < -0.39 is 6.04 Å². The van der Waals surface area contributed by atoms with E-state index in [4.69, 9.17) is 15.2 Å². The highest BCUT2D eigenvalue weighted by molar-refractivity contribution is 5.85. The van der Waals surface area contributed by atoms with Crippen LogP contribution in [-0.2, 0) is 14.3 Å². The number of rotatable bonds is 8. The molecule has 2 N–H and O–H groups in total. The number of nitrogens with two attached hydrogens (primary N) is 1. The summed E-state index contributed by atoms with van der Waals surface area (Å²) in [6.45, 7) is 5.99. The van der Waals surface area contributed by atoms with Gasteiger partial charge in [-0.3, -0.25) is 4.79 Å². The van der Waals surface area contributed by atoms with E-state index in [2.05, 4.69) is 13.8 Å². The molecule has 2 fully saturated rings. The fourth-order valence-electron chi connectivity index (χ4n) is 4.41.